The predicted octanol–water partition coefficient (Wildman–Crippen LogP) is 3.36. The second-order valence-electron chi connectivity index (χ2n) is 9.56. The van der Waals surface area contributed by atoms with E-state index in [1.807, 2.05) is 23.1 Å². The number of ether oxygens (including phenoxy) is 1. The van der Waals surface area contributed by atoms with Crippen LogP contribution in [-0.4, -0.2) is 53.4 Å². The van der Waals surface area contributed by atoms with Gasteiger partial charge in [0, 0.05) is 31.6 Å². The molecule has 0 spiro atoms. The Morgan fingerprint density at radius 3 is 2.61 bits per heavy atom. The SMILES string of the molecule is CC(C)(C)c1ccccc1OCC(=O)N1CCC2C(CCC(=O)N2C2CC2)C1. The molecule has 0 aromatic heterocycles. The minimum absolute atomic E-state index is 0.0289. The van der Waals surface area contributed by atoms with Crippen LogP contribution in [0.4, 0.5) is 0 Å². The number of piperidine rings is 2. The van der Waals surface area contributed by atoms with Crippen LogP contribution in [0, 0.1) is 5.92 Å². The number of likely N-dealkylation sites (tertiary alicyclic amines) is 2. The lowest BCUT2D eigenvalue weighted by atomic mass is 9.83. The fraction of sp³-hybridized carbons (Fsp3) is 0.652. The summed E-state index contributed by atoms with van der Waals surface area (Å²) in [6, 6.07) is 8.78. The zero-order valence-electron chi connectivity index (χ0n) is 17.3. The topological polar surface area (TPSA) is 49.9 Å². The lowest BCUT2D eigenvalue weighted by Gasteiger charge is -2.47. The van der Waals surface area contributed by atoms with Crippen molar-refractivity contribution in [2.45, 2.75) is 70.4 Å². The molecule has 1 aromatic carbocycles. The van der Waals surface area contributed by atoms with Crippen molar-refractivity contribution in [1.29, 1.82) is 0 Å². The van der Waals surface area contributed by atoms with Crippen LogP contribution in [0.1, 0.15) is 58.4 Å². The minimum Gasteiger partial charge on any atom is -0.483 e. The molecule has 28 heavy (non-hydrogen) atoms. The summed E-state index contributed by atoms with van der Waals surface area (Å²) in [5.74, 6) is 1.59. The Morgan fingerprint density at radius 1 is 1.14 bits per heavy atom. The molecule has 5 nitrogen and oxygen atoms in total. The highest BCUT2D eigenvalue weighted by Crippen LogP contribution is 2.39. The molecule has 2 unspecified atom stereocenters. The Balaban J connectivity index is 1.36. The number of para-hydroxylation sites is 1. The summed E-state index contributed by atoms with van der Waals surface area (Å²) in [5.41, 5.74) is 1.09. The van der Waals surface area contributed by atoms with Crippen LogP contribution < -0.4 is 4.74 Å². The molecule has 4 rings (SSSR count). The molecule has 3 aliphatic rings. The van der Waals surface area contributed by atoms with Crippen LogP contribution in [-0.2, 0) is 15.0 Å². The van der Waals surface area contributed by atoms with Crippen molar-refractivity contribution in [2.75, 3.05) is 19.7 Å². The average molecular weight is 385 g/mol. The summed E-state index contributed by atoms with van der Waals surface area (Å²) >= 11 is 0. The molecule has 5 heteroatoms. The molecule has 2 heterocycles. The first-order valence-corrected chi connectivity index (χ1v) is 10.7. The van der Waals surface area contributed by atoms with Crippen LogP contribution in [0.5, 0.6) is 5.75 Å². The van der Waals surface area contributed by atoms with Gasteiger partial charge >= 0.3 is 0 Å². The van der Waals surface area contributed by atoms with E-state index in [0.717, 1.165) is 50.1 Å². The zero-order valence-corrected chi connectivity index (χ0v) is 17.3. The van der Waals surface area contributed by atoms with Gasteiger partial charge in [0.1, 0.15) is 5.75 Å². The van der Waals surface area contributed by atoms with Crippen LogP contribution >= 0.6 is 0 Å². The van der Waals surface area contributed by atoms with Crippen molar-refractivity contribution in [1.82, 2.24) is 9.80 Å². The lowest BCUT2D eigenvalue weighted by molar-refractivity contribution is -0.145. The van der Waals surface area contributed by atoms with Crippen LogP contribution in [0.15, 0.2) is 24.3 Å². The lowest BCUT2D eigenvalue weighted by Crippen LogP contribution is -2.57. The quantitative estimate of drug-likeness (QED) is 0.800. The normalized spacial score (nSPS) is 25.5. The highest BCUT2D eigenvalue weighted by atomic mass is 16.5. The van der Waals surface area contributed by atoms with E-state index in [0.29, 0.717) is 30.3 Å². The van der Waals surface area contributed by atoms with Crippen LogP contribution in [0.3, 0.4) is 0 Å². The summed E-state index contributed by atoms with van der Waals surface area (Å²) in [6.07, 6.45) is 4.74. The number of amides is 2. The smallest absolute Gasteiger partial charge is 0.260 e. The van der Waals surface area contributed by atoms with Gasteiger partial charge in [-0.2, -0.15) is 0 Å². The largest absolute Gasteiger partial charge is 0.483 e. The molecule has 2 saturated heterocycles. The van der Waals surface area contributed by atoms with Crippen molar-refractivity contribution in [3.63, 3.8) is 0 Å². The highest BCUT2D eigenvalue weighted by Gasteiger charge is 2.45. The average Bonchev–Trinajstić information content (AvgIpc) is 3.50. The van der Waals surface area contributed by atoms with Gasteiger partial charge in [0.2, 0.25) is 5.91 Å². The molecule has 0 bridgehead atoms. The fourth-order valence-electron chi connectivity index (χ4n) is 4.79. The Hall–Kier alpha value is -2.04. The molecular weight excluding hydrogens is 352 g/mol. The first-order chi connectivity index (χ1) is 13.3. The van der Waals surface area contributed by atoms with Crippen molar-refractivity contribution < 1.29 is 14.3 Å². The summed E-state index contributed by atoms with van der Waals surface area (Å²) in [4.78, 5) is 29.3. The number of carbonyl (C=O) groups is 2. The standard InChI is InChI=1S/C23H32N2O3/c1-23(2,3)18-6-4-5-7-20(18)28-15-22(27)24-13-12-19-16(14-24)8-11-21(26)25(19)17-9-10-17/h4-7,16-17,19H,8-15H2,1-3H3. The number of nitrogens with zero attached hydrogens (tertiary/aromatic N) is 2. The Kier molecular flexibility index (Phi) is 5.11. The number of fused-ring (bicyclic) bond motifs is 1. The van der Waals surface area contributed by atoms with Crippen LogP contribution in [0.2, 0.25) is 0 Å². The third-order valence-electron chi connectivity index (χ3n) is 6.41. The number of carbonyl (C=O) groups excluding carboxylic acids is 2. The van der Waals surface area contributed by atoms with Gasteiger partial charge < -0.3 is 14.5 Å². The molecule has 0 radical (unpaired) electrons. The van der Waals surface area contributed by atoms with Gasteiger partial charge in [0.25, 0.3) is 5.91 Å². The summed E-state index contributed by atoms with van der Waals surface area (Å²) < 4.78 is 5.95. The molecule has 1 aliphatic carbocycles. The van der Waals surface area contributed by atoms with Crippen molar-refractivity contribution in [3.8, 4) is 5.75 Å². The molecule has 1 aromatic rings. The minimum atomic E-state index is -0.0289. The Bertz CT molecular complexity index is 750. The Labute approximate surface area is 168 Å². The highest BCUT2D eigenvalue weighted by molar-refractivity contribution is 5.79. The van der Waals surface area contributed by atoms with E-state index in [1.165, 1.54) is 0 Å². The predicted molar refractivity (Wildman–Crippen MR) is 108 cm³/mol. The second kappa shape index (κ2) is 7.41. The maximum Gasteiger partial charge on any atom is 0.260 e. The number of hydrogen-bond donors (Lipinski definition) is 0. The summed E-state index contributed by atoms with van der Waals surface area (Å²) in [5, 5.41) is 0. The van der Waals surface area contributed by atoms with Crippen molar-refractivity contribution >= 4 is 11.8 Å². The van der Waals surface area contributed by atoms with E-state index in [-0.39, 0.29) is 17.9 Å². The van der Waals surface area contributed by atoms with Crippen LogP contribution in [0.25, 0.3) is 0 Å². The fourth-order valence-corrected chi connectivity index (χ4v) is 4.79. The molecule has 1 saturated carbocycles. The Morgan fingerprint density at radius 2 is 1.89 bits per heavy atom. The third-order valence-corrected chi connectivity index (χ3v) is 6.41. The van der Waals surface area contributed by atoms with E-state index in [9.17, 15) is 9.59 Å². The maximum atomic E-state index is 12.8. The zero-order chi connectivity index (χ0) is 19.9. The van der Waals surface area contributed by atoms with E-state index in [1.54, 1.807) is 0 Å². The van der Waals surface area contributed by atoms with E-state index in [4.69, 9.17) is 4.74 Å². The van der Waals surface area contributed by atoms with Gasteiger partial charge in [-0.25, -0.2) is 0 Å². The first-order valence-electron chi connectivity index (χ1n) is 10.7. The molecule has 2 atom stereocenters. The van der Waals surface area contributed by atoms with E-state index >= 15 is 0 Å². The summed E-state index contributed by atoms with van der Waals surface area (Å²) in [7, 11) is 0. The molecule has 0 N–H and O–H groups in total. The molecule has 3 fully saturated rings. The van der Waals surface area contributed by atoms with Gasteiger partial charge in [0.05, 0.1) is 0 Å². The summed E-state index contributed by atoms with van der Waals surface area (Å²) in [6.45, 7) is 8.01. The van der Waals surface area contributed by atoms with Gasteiger partial charge in [-0.1, -0.05) is 39.0 Å². The van der Waals surface area contributed by atoms with Gasteiger partial charge in [0.15, 0.2) is 6.61 Å². The van der Waals surface area contributed by atoms with E-state index < -0.39 is 0 Å². The van der Waals surface area contributed by atoms with Gasteiger partial charge in [-0.3, -0.25) is 9.59 Å². The first kappa shape index (κ1) is 19.3. The molecule has 152 valence electrons. The maximum absolute atomic E-state index is 12.8. The third kappa shape index (κ3) is 3.89. The van der Waals surface area contributed by atoms with Crippen molar-refractivity contribution in [2.24, 2.45) is 5.92 Å². The molecular formula is C23H32N2O3. The number of benzene rings is 1. The number of hydrogen-bond acceptors (Lipinski definition) is 3. The van der Waals surface area contributed by atoms with E-state index in [2.05, 4.69) is 31.7 Å². The van der Waals surface area contributed by atoms with Gasteiger partial charge in [-0.05, 0) is 48.6 Å². The number of rotatable bonds is 4. The van der Waals surface area contributed by atoms with Gasteiger partial charge in [-0.15, -0.1) is 0 Å². The molecule has 2 amide bonds. The molecule has 2 aliphatic heterocycles. The van der Waals surface area contributed by atoms with Crippen molar-refractivity contribution in [3.05, 3.63) is 29.8 Å². The monoisotopic (exact) mass is 384 g/mol. The second-order valence-corrected chi connectivity index (χ2v) is 9.56.